The first-order valence-corrected chi connectivity index (χ1v) is 7.75. The molecule has 0 spiro atoms. The number of hydrogen-bond donors (Lipinski definition) is 2. The van der Waals surface area contributed by atoms with Crippen LogP contribution in [0.2, 0.25) is 0 Å². The van der Waals surface area contributed by atoms with Gasteiger partial charge in [0.25, 0.3) is 0 Å². The summed E-state index contributed by atoms with van der Waals surface area (Å²) in [5, 5.41) is 6.23. The Labute approximate surface area is 137 Å². The lowest BCUT2D eigenvalue weighted by Crippen LogP contribution is -2.17. The van der Waals surface area contributed by atoms with Crippen molar-refractivity contribution in [2.45, 2.75) is 27.2 Å². The van der Waals surface area contributed by atoms with Gasteiger partial charge < -0.3 is 15.4 Å². The van der Waals surface area contributed by atoms with Crippen LogP contribution in [0.1, 0.15) is 23.1 Å². The van der Waals surface area contributed by atoms with Crippen molar-refractivity contribution in [3.63, 3.8) is 0 Å². The first kappa shape index (κ1) is 16.9. The number of hydrogen-bond acceptors (Lipinski definition) is 3. The second kappa shape index (κ2) is 7.68. The molecule has 0 bridgehead atoms. The molecular weight excluding hydrogens is 288 g/mol. The highest BCUT2D eigenvalue weighted by atomic mass is 16.5. The molecule has 4 nitrogen and oxygen atoms in total. The van der Waals surface area contributed by atoms with E-state index in [-0.39, 0.29) is 5.91 Å². The minimum Gasteiger partial charge on any atom is -0.495 e. The number of rotatable bonds is 6. The summed E-state index contributed by atoms with van der Waals surface area (Å²) in [6.07, 6.45) is 0.393. The average Bonchev–Trinajstić information content (AvgIpc) is 2.51. The number of carbonyl (C=O) groups is 1. The minimum atomic E-state index is -0.00202. The number of amides is 1. The summed E-state index contributed by atoms with van der Waals surface area (Å²) < 4.78 is 5.32. The third-order valence-corrected chi connectivity index (χ3v) is 3.69. The molecule has 23 heavy (non-hydrogen) atoms. The van der Waals surface area contributed by atoms with Gasteiger partial charge in [0.2, 0.25) is 5.91 Å². The SMILES string of the molecule is COc1ccc(C)cc1NCCC(=O)Nc1cc(C)ccc1C. The summed E-state index contributed by atoms with van der Waals surface area (Å²) >= 11 is 0. The fraction of sp³-hybridized carbons (Fsp3) is 0.316. The molecule has 122 valence electrons. The summed E-state index contributed by atoms with van der Waals surface area (Å²) in [6.45, 7) is 6.58. The van der Waals surface area contributed by atoms with E-state index in [1.807, 2.05) is 57.2 Å². The molecular formula is C19H24N2O2. The predicted molar refractivity (Wildman–Crippen MR) is 95.4 cm³/mol. The summed E-state index contributed by atoms with van der Waals surface area (Å²) in [4.78, 5) is 12.1. The van der Waals surface area contributed by atoms with E-state index in [1.165, 1.54) is 0 Å². The van der Waals surface area contributed by atoms with E-state index in [2.05, 4.69) is 10.6 Å². The van der Waals surface area contributed by atoms with Crippen LogP contribution < -0.4 is 15.4 Å². The molecule has 2 aromatic carbocycles. The fourth-order valence-electron chi connectivity index (χ4n) is 2.35. The molecule has 0 unspecified atom stereocenters. The van der Waals surface area contributed by atoms with Crippen LogP contribution >= 0.6 is 0 Å². The van der Waals surface area contributed by atoms with Crippen molar-refractivity contribution in [1.29, 1.82) is 0 Å². The van der Waals surface area contributed by atoms with E-state index >= 15 is 0 Å². The molecule has 0 aliphatic rings. The predicted octanol–water partition coefficient (Wildman–Crippen LogP) is 4.06. The number of methoxy groups -OCH3 is 1. The maximum Gasteiger partial charge on any atom is 0.226 e. The lowest BCUT2D eigenvalue weighted by atomic mass is 10.1. The molecule has 0 heterocycles. The number of aryl methyl sites for hydroxylation is 3. The summed E-state index contributed by atoms with van der Waals surface area (Å²) in [7, 11) is 1.64. The quantitative estimate of drug-likeness (QED) is 0.845. The van der Waals surface area contributed by atoms with Crippen LogP contribution in [0.3, 0.4) is 0 Å². The highest BCUT2D eigenvalue weighted by Crippen LogP contribution is 2.25. The average molecular weight is 312 g/mol. The molecule has 0 fully saturated rings. The van der Waals surface area contributed by atoms with Crippen molar-refractivity contribution in [3.05, 3.63) is 53.1 Å². The van der Waals surface area contributed by atoms with Gasteiger partial charge in [-0.15, -0.1) is 0 Å². The van der Waals surface area contributed by atoms with Crippen LogP contribution in [-0.4, -0.2) is 19.6 Å². The molecule has 0 aromatic heterocycles. The van der Waals surface area contributed by atoms with Gasteiger partial charge in [0.15, 0.2) is 0 Å². The highest BCUT2D eigenvalue weighted by molar-refractivity contribution is 5.91. The number of anilines is 2. The topological polar surface area (TPSA) is 50.4 Å². The van der Waals surface area contributed by atoms with Gasteiger partial charge in [-0.3, -0.25) is 4.79 Å². The van der Waals surface area contributed by atoms with Crippen molar-refractivity contribution in [2.75, 3.05) is 24.3 Å². The Morgan fingerprint density at radius 2 is 1.65 bits per heavy atom. The Morgan fingerprint density at radius 1 is 1.00 bits per heavy atom. The zero-order valence-corrected chi connectivity index (χ0v) is 14.2. The van der Waals surface area contributed by atoms with E-state index in [4.69, 9.17) is 4.74 Å². The van der Waals surface area contributed by atoms with Crippen LogP contribution in [0.25, 0.3) is 0 Å². The molecule has 0 saturated carbocycles. The second-order valence-corrected chi connectivity index (χ2v) is 5.75. The van der Waals surface area contributed by atoms with Gasteiger partial charge in [0, 0.05) is 18.7 Å². The van der Waals surface area contributed by atoms with Crippen molar-refractivity contribution in [2.24, 2.45) is 0 Å². The maximum atomic E-state index is 12.1. The van der Waals surface area contributed by atoms with E-state index in [1.54, 1.807) is 7.11 Å². The molecule has 4 heteroatoms. The lowest BCUT2D eigenvalue weighted by molar-refractivity contribution is -0.115. The van der Waals surface area contributed by atoms with Crippen LogP contribution in [-0.2, 0) is 4.79 Å². The standard InChI is InChI=1S/C19H24N2O2/c1-13-5-7-15(3)16(11-13)21-19(22)9-10-20-17-12-14(2)6-8-18(17)23-4/h5-8,11-12,20H,9-10H2,1-4H3,(H,21,22). The van der Waals surface area contributed by atoms with Gasteiger partial charge >= 0.3 is 0 Å². The second-order valence-electron chi connectivity index (χ2n) is 5.75. The van der Waals surface area contributed by atoms with Crippen LogP contribution in [0.5, 0.6) is 5.75 Å². The first-order valence-electron chi connectivity index (χ1n) is 7.75. The number of nitrogens with one attached hydrogen (secondary N) is 2. The van der Waals surface area contributed by atoms with Gasteiger partial charge in [0.1, 0.15) is 5.75 Å². The van der Waals surface area contributed by atoms with Crippen molar-refractivity contribution >= 4 is 17.3 Å². The first-order chi connectivity index (χ1) is 11.0. The molecule has 2 aromatic rings. The minimum absolute atomic E-state index is 0.00202. The third-order valence-electron chi connectivity index (χ3n) is 3.69. The number of carbonyl (C=O) groups excluding carboxylic acids is 1. The van der Waals surface area contributed by atoms with Crippen LogP contribution in [0, 0.1) is 20.8 Å². The molecule has 0 aliphatic heterocycles. The van der Waals surface area contributed by atoms with Crippen LogP contribution in [0.15, 0.2) is 36.4 Å². The van der Waals surface area contributed by atoms with Crippen LogP contribution in [0.4, 0.5) is 11.4 Å². The Morgan fingerprint density at radius 3 is 2.35 bits per heavy atom. The monoisotopic (exact) mass is 312 g/mol. The molecule has 2 rings (SSSR count). The molecule has 0 aliphatic carbocycles. The molecule has 0 atom stereocenters. The van der Waals surface area contributed by atoms with Crippen molar-refractivity contribution in [3.8, 4) is 5.75 Å². The Kier molecular flexibility index (Phi) is 5.63. The van der Waals surface area contributed by atoms with Crippen molar-refractivity contribution < 1.29 is 9.53 Å². The van der Waals surface area contributed by atoms with E-state index in [0.29, 0.717) is 13.0 Å². The van der Waals surface area contributed by atoms with Gasteiger partial charge in [-0.1, -0.05) is 18.2 Å². The summed E-state index contributed by atoms with van der Waals surface area (Å²) in [5.41, 5.74) is 5.13. The van der Waals surface area contributed by atoms with Gasteiger partial charge in [-0.2, -0.15) is 0 Å². The molecule has 0 saturated heterocycles. The zero-order chi connectivity index (χ0) is 16.8. The molecule has 0 radical (unpaired) electrons. The Bertz CT molecular complexity index is 696. The third kappa shape index (κ3) is 4.74. The molecule has 2 N–H and O–H groups in total. The van der Waals surface area contributed by atoms with Crippen molar-refractivity contribution in [1.82, 2.24) is 0 Å². The molecule has 1 amide bonds. The summed E-state index contributed by atoms with van der Waals surface area (Å²) in [5.74, 6) is 0.781. The normalized spacial score (nSPS) is 10.3. The smallest absolute Gasteiger partial charge is 0.226 e. The maximum absolute atomic E-state index is 12.1. The van der Waals surface area contributed by atoms with Gasteiger partial charge in [-0.05, 0) is 55.7 Å². The lowest BCUT2D eigenvalue weighted by Gasteiger charge is -2.13. The van der Waals surface area contributed by atoms with Gasteiger partial charge in [0.05, 0.1) is 12.8 Å². The Hall–Kier alpha value is -2.49. The van der Waals surface area contributed by atoms with E-state index in [9.17, 15) is 4.79 Å². The largest absolute Gasteiger partial charge is 0.495 e. The number of ether oxygens (including phenoxy) is 1. The Balaban J connectivity index is 1.90. The van der Waals surface area contributed by atoms with E-state index in [0.717, 1.165) is 33.8 Å². The number of benzene rings is 2. The highest BCUT2D eigenvalue weighted by Gasteiger charge is 2.07. The zero-order valence-electron chi connectivity index (χ0n) is 14.2. The van der Waals surface area contributed by atoms with E-state index < -0.39 is 0 Å². The van der Waals surface area contributed by atoms with Gasteiger partial charge in [-0.25, -0.2) is 0 Å². The fourth-order valence-corrected chi connectivity index (χ4v) is 2.35. The summed E-state index contributed by atoms with van der Waals surface area (Å²) in [6, 6.07) is 12.0.